The number of rotatable bonds is 7. The molecule has 6 heteroatoms. The van der Waals surface area contributed by atoms with Crippen LogP contribution in [0.25, 0.3) is 0 Å². The van der Waals surface area contributed by atoms with Gasteiger partial charge in [0.15, 0.2) is 0 Å². The number of hydrogen-bond donors (Lipinski definition) is 2. The SMILES string of the molecule is CCC(C)(NC(=O)C(C)CSc1ccc(F)cc1)C(=O)O. The first-order valence-corrected chi connectivity index (χ1v) is 7.71. The minimum absolute atomic E-state index is 0.295. The fourth-order valence-electron chi connectivity index (χ4n) is 1.52. The first kappa shape index (κ1) is 17.5. The minimum atomic E-state index is -1.24. The van der Waals surface area contributed by atoms with E-state index in [4.69, 9.17) is 5.11 Å². The number of thioether (sulfide) groups is 1. The predicted octanol–water partition coefficient (Wildman–Crippen LogP) is 2.92. The number of benzene rings is 1. The van der Waals surface area contributed by atoms with E-state index in [2.05, 4.69) is 5.32 Å². The van der Waals surface area contributed by atoms with Crippen molar-refractivity contribution in [3.63, 3.8) is 0 Å². The Bertz CT molecular complexity index is 506. The van der Waals surface area contributed by atoms with Gasteiger partial charge in [0, 0.05) is 16.6 Å². The molecule has 1 amide bonds. The first-order valence-electron chi connectivity index (χ1n) is 6.72. The van der Waals surface area contributed by atoms with E-state index < -0.39 is 11.5 Å². The van der Waals surface area contributed by atoms with Gasteiger partial charge in [0.2, 0.25) is 5.91 Å². The Kier molecular flexibility index (Phi) is 6.20. The highest BCUT2D eigenvalue weighted by Crippen LogP contribution is 2.21. The largest absolute Gasteiger partial charge is 0.480 e. The summed E-state index contributed by atoms with van der Waals surface area (Å²) in [7, 11) is 0. The smallest absolute Gasteiger partial charge is 0.329 e. The number of hydrogen-bond acceptors (Lipinski definition) is 3. The standard InChI is InChI=1S/C15H20FNO3S/c1-4-15(3,14(19)20)17-13(18)10(2)9-21-12-7-5-11(16)6-8-12/h5-8,10H,4,9H2,1-3H3,(H,17,18)(H,19,20). The molecule has 1 rings (SSSR count). The van der Waals surface area contributed by atoms with Crippen LogP contribution in [-0.4, -0.2) is 28.3 Å². The van der Waals surface area contributed by atoms with Gasteiger partial charge in [-0.3, -0.25) is 4.79 Å². The maximum Gasteiger partial charge on any atom is 0.329 e. The molecule has 0 aliphatic rings. The lowest BCUT2D eigenvalue weighted by atomic mass is 9.98. The number of nitrogens with one attached hydrogen (secondary N) is 1. The van der Waals surface area contributed by atoms with Gasteiger partial charge in [0.25, 0.3) is 0 Å². The van der Waals surface area contributed by atoms with E-state index in [0.29, 0.717) is 12.2 Å². The van der Waals surface area contributed by atoms with Crippen LogP contribution in [0.15, 0.2) is 29.2 Å². The zero-order chi connectivity index (χ0) is 16.0. The maximum absolute atomic E-state index is 12.8. The Hall–Kier alpha value is -1.56. The molecule has 0 saturated heterocycles. The summed E-state index contributed by atoms with van der Waals surface area (Å²) in [6, 6.07) is 6.04. The first-order chi connectivity index (χ1) is 9.78. The molecule has 0 spiro atoms. The molecule has 2 unspecified atom stereocenters. The number of halogens is 1. The van der Waals surface area contributed by atoms with E-state index >= 15 is 0 Å². The van der Waals surface area contributed by atoms with Crippen LogP contribution >= 0.6 is 11.8 Å². The monoisotopic (exact) mass is 313 g/mol. The van der Waals surface area contributed by atoms with E-state index in [1.54, 1.807) is 26.0 Å². The topological polar surface area (TPSA) is 66.4 Å². The Morgan fingerprint density at radius 1 is 1.38 bits per heavy atom. The number of amides is 1. The Morgan fingerprint density at radius 2 is 1.95 bits per heavy atom. The van der Waals surface area contributed by atoms with Crippen LogP contribution in [0, 0.1) is 11.7 Å². The Morgan fingerprint density at radius 3 is 2.43 bits per heavy atom. The van der Waals surface area contributed by atoms with E-state index in [1.807, 2.05) is 0 Å². The summed E-state index contributed by atoms with van der Waals surface area (Å²) in [4.78, 5) is 24.1. The quantitative estimate of drug-likeness (QED) is 0.760. The molecule has 0 fully saturated rings. The van der Waals surface area contributed by atoms with Crippen molar-refractivity contribution in [2.45, 2.75) is 37.6 Å². The number of carbonyl (C=O) groups is 2. The van der Waals surface area contributed by atoms with Crippen molar-refractivity contribution in [1.82, 2.24) is 5.32 Å². The van der Waals surface area contributed by atoms with Crippen LogP contribution in [0.3, 0.4) is 0 Å². The average Bonchev–Trinajstić information content (AvgIpc) is 2.45. The van der Waals surface area contributed by atoms with Gasteiger partial charge in [-0.2, -0.15) is 0 Å². The fraction of sp³-hybridized carbons (Fsp3) is 0.467. The fourth-order valence-corrected chi connectivity index (χ4v) is 2.44. The zero-order valence-corrected chi connectivity index (χ0v) is 13.2. The molecule has 116 valence electrons. The summed E-state index contributed by atoms with van der Waals surface area (Å²) in [5, 5.41) is 11.7. The number of carboxylic acids is 1. The van der Waals surface area contributed by atoms with Crippen molar-refractivity contribution in [2.75, 3.05) is 5.75 Å². The third-order valence-electron chi connectivity index (χ3n) is 3.34. The second kappa shape index (κ2) is 7.45. The van der Waals surface area contributed by atoms with Crippen molar-refractivity contribution >= 4 is 23.6 Å². The molecule has 0 radical (unpaired) electrons. The van der Waals surface area contributed by atoms with Crippen molar-refractivity contribution in [3.05, 3.63) is 30.1 Å². The Labute approximate surface area is 128 Å². The summed E-state index contributed by atoms with van der Waals surface area (Å²) in [5.74, 6) is -1.49. The third-order valence-corrected chi connectivity index (χ3v) is 4.61. The molecule has 0 heterocycles. The number of carboxylic acid groups (broad SMARTS) is 1. The van der Waals surface area contributed by atoms with E-state index in [-0.39, 0.29) is 17.6 Å². The Balaban J connectivity index is 2.55. The van der Waals surface area contributed by atoms with Gasteiger partial charge in [0.1, 0.15) is 11.4 Å². The third kappa shape index (κ3) is 5.04. The highest BCUT2D eigenvalue weighted by Gasteiger charge is 2.33. The average molecular weight is 313 g/mol. The van der Waals surface area contributed by atoms with Crippen molar-refractivity contribution in [2.24, 2.45) is 5.92 Å². The molecule has 2 N–H and O–H groups in total. The predicted molar refractivity (Wildman–Crippen MR) is 80.8 cm³/mol. The molecule has 2 atom stereocenters. The zero-order valence-electron chi connectivity index (χ0n) is 12.4. The van der Waals surface area contributed by atoms with Gasteiger partial charge in [-0.25, -0.2) is 9.18 Å². The molecule has 1 aromatic rings. The highest BCUT2D eigenvalue weighted by molar-refractivity contribution is 7.99. The summed E-state index contributed by atoms with van der Waals surface area (Å²) >= 11 is 1.43. The maximum atomic E-state index is 12.8. The molecule has 0 aromatic heterocycles. The van der Waals surface area contributed by atoms with Crippen molar-refractivity contribution in [1.29, 1.82) is 0 Å². The van der Waals surface area contributed by atoms with Gasteiger partial charge in [0.05, 0.1) is 0 Å². The molecule has 21 heavy (non-hydrogen) atoms. The van der Waals surface area contributed by atoms with Gasteiger partial charge >= 0.3 is 5.97 Å². The summed E-state index contributed by atoms with van der Waals surface area (Å²) in [6.45, 7) is 4.95. The van der Waals surface area contributed by atoms with Crippen molar-refractivity contribution in [3.8, 4) is 0 Å². The van der Waals surface area contributed by atoms with Gasteiger partial charge in [-0.05, 0) is 37.6 Å². The minimum Gasteiger partial charge on any atom is -0.480 e. The lowest BCUT2D eigenvalue weighted by molar-refractivity contribution is -0.147. The summed E-state index contributed by atoms with van der Waals surface area (Å²) in [5.41, 5.74) is -1.24. The number of carbonyl (C=O) groups excluding carboxylic acids is 1. The molecule has 0 bridgehead atoms. The number of aliphatic carboxylic acids is 1. The summed E-state index contributed by atoms with van der Waals surface area (Å²) < 4.78 is 12.8. The van der Waals surface area contributed by atoms with E-state index in [1.165, 1.54) is 30.8 Å². The van der Waals surface area contributed by atoms with Crippen molar-refractivity contribution < 1.29 is 19.1 Å². The second-order valence-corrected chi connectivity index (χ2v) is 6.24. The van der Waals surface area contributed by atoms with Gasteiger partial charge in [-0.1, -0.05) is 13.8 Å². The molecular weight excluding hydrogens is 293 g/mol. The van der Waals surface area contributed by atoms with Gasteiger partial charge in [-0.15, -0.1) is 11.8 Å². The normalized spacial score (nSPS) is 15.0. The lowest BCUT2D eigenvalue weighted by Crippen LogP contribution is -2.53. The molecule has 0 saturated carbocycles. The second-order valence-electron chi connectivity index (χ2n) is 5.15. The van der Waals surface area contributed by atoms with Crippen LogP contribution in [0.4, 0.5) is 4.39 Å². The van der Waals surface area contributed by atoms with E-state index in [9.17, 15) is 14.0 Å². The van der Waals surface area contributed by atoms with E-state index in [0.717, 1.165) is 4.90 Å². The molecule has 0 aliphatic heterocycles. The lowest BCUT2D eigenvalue weighted by Gasteiger charge is -2.26. The molecule has 1 aromatic carbocycles. The van der Waals surface area contributed by atoms with Crippen LogP contribution in [0.1, 0.15) is 27.2 Å². The molecule has 4 nitrogen and oxygen atoms in total. The van der Waals surface area contributed by atoms with Crippen LogP contribution < -0.4 is 5.32 Å². The van der Waals surface area contributed by atoms with Crippen LogP contribution in [0.5, 0.6) is 0 Å². The highest BCUT2D eigenvalue weighted by atomic mass is 32.2. The van der Waals surface area contributed by atoms with Crippen LogP contribution in [-0.2, 0) is 9.59 Å². The van der Waals surface area contributed by atoms with Gasteiger partial charge < -0.3 is 10.4 Å². The van der Waals surface area contributed by atoms with Crippen LogP contribution in [0.2, 0.25) is 0 Å². The molecule has 0 aliphatic carbocycles. The molecular formula is C15H20FNO3S. The summed E-state index contributed by atoms with van der Waals surface area (Å²) in [6.07, 6.45) is 0.311.